The Hall–Kier alpha value is -1.87. The topological polar surface area (TPSA) is 106 Å². The maximum atomic E-state index is 12.6. The first-order valence-electron chi connectivity index (χ1n) is 7.61. The molecule has 0 unspecified atom stereocenters. The van der Waals surface area contributed by atoms with Crippen molar-refractivity contribution in [1.29, 1.82) is 0 Å². The number of sulfonamides is 1. The normalized spacial score (nSPS) is 16.2. The fraction of sp³-hybridized carbons (Fsp3) is 0.600. The maximum absolute atomic E-state index is 12.6. The van der Waals surface area contributed by atoms with Crippen molar-refractivity contribution in [3.05, 3.63) is 17.6 Å². The Morgan fingerprint density at radius 1 is 1.29 bits per heavy atom. The summed E-state index contributed by atoms with van der Waals surface area (Å²) < 4.78 is 36.5. The molecule has 0 aromatic carbocycles. The van der Waals surface area contributed by atoms with Crippen LogP contribution in [0.1, 0.15) is 43.0 Å². The summed E-state index contributed by atoms with van der Waals surface area (Å²) in [5.74, 6) is -1.33. The lowest BCUT2D eigenvalue weighted by Crippen LogP contribution is -2.50. The number of furan rings is 1. The lowest BCUT2D eigenvalue weighted by atomic mass is 10.1. The number of carbonyl (C=O) groups excluding carboxylic acids is 2. The number of nitrogens with one attached hydrogen (secondary N) is 1. The third-order valence-corrected chi connectivity index (χ3v) is 5.91. The highest BCUT2D eigenvalue weighted by atomic mass is 32.2. The van der Waals surface area contributed by atoms with Gasteiger partial charge in [0.2, 0.25) is 10.0 Å². The monoisotopic (exact) mass is 358 g/mol. The fourth-order valence-corrected chi connectivity index (χ4v) is 4.23. The average Bonchev–Trinajstić information content (AvgIpc) is 3.15. The van der Waals surface area contributed by atoms with Crippen molar-refractivity contribution in [1.82, 2.24) is 9.62 Å². The van der Waals surface area contributed by atoms with Crippen molar-refractivity contribution in [3.63, 3.8) is 0 Å². The lowest BCUT2D eigenvalue weighted by Gasteiger charge is -2.22. The van der Waals surface area contributed by atoms with Gasteiger partial charge in [-0.2, -0.15) is 4.31 Å². The number of rotatable bonds is 5. The molecule has 0 saturated carbocycles. The molecule has 0 bridgehead atoms. The minimum Gasteiger partial charge on any atom is -0.467 e. The van der Waals surface area contributed by atoms with Crippen LogP contribution in [-0.2, 0) is 19.6 Å². The second-order valence-electron chi connectivity index (χ2n) is 6.21. The van der Waals surface area contributed by atoms with Gasteiger partial charge in [0, 0.05) is 19.2 Å². The van der Waals surface area contributed by atoms with E-state index in [0.29, 0.717) is 13.1 Å². The SMILES string of the molecule is COC(=O)C(C)(C)NC(=O)c1cc(S(=O)(=O)N2CCCC2)c(C)o1. The molecule has 9 heteroatoms. The molecule has 0 atom stereocenters. The summed E-state index contributed by atoms with van der Waals surface area (Å²) in [6, 6.07) is 1.20. The molecule has 0 spiro atoms. The van der Waals surface area contributed by atoms with E-state index in [4.69, 9.17) is 4.42 Å². The largest absolute Gasteiger partial charge is 0.467 e. The van der Waals surface area contributed by atoms with Crippen LogP contribution in [0.25, 0.3) is 0 Å². The van der Waals surface area contributed by atoms with Crippen molar-refractivity contribution in [2.75, 3.05) is 20.2 Å². The Kier molecular flexibility index (Phi) is 5.05. The number of methoxy groups -OCH3 is 1. The van der Waals surface area contributed by atoms with Crippen molar-refractivity contribution in [3.8, 4) is 0 Å². The molecule has 1 aliphatic heterocycles. The summed E-state index contributed by atoms with van der Waals surface area (Å²) in [5.41, 5.74) is -1.26. The van der Waals surface area contributed by atoms with E-state index >= 15 is 0 Å². The summed E-state index contributed by atoms with van der Waals surface area (Å²) in [4.78, 5) is 23.9. The van der Waals surface area contributed by atoms with E-state index in [0.717, 1.165) is 12.8 Å². The second-order valence-corrected chi connectivity index (χ2v) is 8.12. The minimum atomic E-state index is -3.68. The third kappa shape index (κ3) is 3.46. The standard InChI is InChI=1S/C15H22N2O6S/c1-10-12(24(20,21)17-7-5-6-8-17)9-11(23-10)13(18)16-15(2,3)14(19)22-4/h9H,5-8H2,1-4H3,(H,16,18). The van der Waals surface area contributed by atoms with Gasteiger partial charge in [-0.15, -0.1) is 0 Å². The Morgan fingerprint density at radius 3 is 2.42 bits per heavy atom. The third-order valence-electron chi connectivity index (χ3n) is 3.90. The van der Waals surface area contributed by atoms with Gasteiger partial charge in [0.05, 0.1) is 7.11 Å². The van der Waals surface area contributed by atoms with Crippen molar-refractivity contribution < 1.29 is 27.2 Å². The van der Waals surface area contributed by atoms with Crippen LogP contribution < -0.4 is 5.32 Å². The van der Waals surface area contributed by atoms with E-state index < -0.39 is 27.4 Å². The van der Waals surface area contributed by atoms with Crippen LogP contribution in [0.3, 0.4) is 0 Å². The molecule has 24 heavy (non-hydrogen) atoms. The van der Waals surface area contributed by atoms with Gasteiger partial charge in [0.25, 0.3) is 5.91 Å². The van der Waals surface area contributed by atoms with E-state index in [1.807, 2.05) is 0 Å². The summed E-state index contributed by atoms with van der Waals surface area (Å²) in [6.07, 6.45) is 1.63. The van der Waals surface area contributed by atoms with Crippen LogP contribution >= 0.6 is 0 Å². The van der Waals surface area contributed by atoms with Gasteiger partial charge in [-0.25, -0.2) is 13.2 Å². The van der Waals surface area contributed by atoms with Gasteiger partial charge >= 0.3 is 5.97 Å². The molecule has 0 aliphatic carbocycles. The predicted octanol–water partition coefficient (Wildman–Crippen LogP) is 1.05. The molecule has 1 aromatic rings. The molecule has 1 aromatic heterocycles. The summed E-state index contributed by atoms with van der Waals surface area (Å²) >= 11 is 0. The van der Waals surface area contributed by atoms with Gasteiger partial charge < -0.3 is 14.5 Å². The molecule has 8 nitrogen and oxygen atoms in total. The smallest absolute Gasteiger partial charge is 0.330 e. The van der Waals surface area contributed by atoms with Gasteiger partial charge in [-0.3, -0.25) is 4.79 Å². The number of nitrogens with zero attached hydrogens (tertiary/aromatic N) is 1. The second kappa shape index (κ2) is 6.56. The van der Waals surface area contributed by atoms with E-state index in [2.05, 4.69) is 10.1 Å². The van der Waals surface area contributed by atoms with E-state index in [-0.39, 0.29) is 16.4 Å². The van der Waals surface area contributed by atoms with Crippen LogP contribution in [-0.4, -0.2) is 50.3 Å². The molecule has 1 amide bonds. The quantitative estimate of drug-likeness (QED) is 0.789. The number of esters is 1. The number of ether oxygens (including phenoxy) is 1. The van der Waals surface area contributed by atoms with Crippen molar-refractivity contribution in [2.24, 2.45) is 0 Å². The molecule has 2 heterocycles. The molecular weight excluding hydrogens is 336 g/mol. The first kappa shape index (κ1) is 18.5. The van der Waals surface area contributed by atoms with Crippen molar-refractivity contribution >= 4 is 21.9 Å². The highest BCUT2D eigenvalue weighted by molar-refractivity contribution is 7.89. The number of carbonyl (C=O) groups is 2. The molecule has 1 aliphatic rings. The number of aryl methyl sites for hydroxylation is 1. The van der Waals surface area contributed by atoms with E-state index in [9.17, 15) is 18.0 Å². The molecule has 134 valence electrons. The Balaban J connectivity index is 2.25. The number of hydrogen-bond acceptors (Lipinski definition) is 6. The summed E-state index contributed by atoms with van der Waals surface area (Å²) in [6.45, 7) is 5.38. The molecule has 2 rings (SSSR count). The van der Waals surface area contributed by atoms with Crippen LogP contribution in [0.4, 0.5) is 0 Å². The van der Waals surface area contributed by atoms with Crippen molar-refractivity contribution in [2.45, 2.75) is 44.0 Å². The van der Waals surface area contributed by atoms with Gasteiger partial charge in [-0.1, -0.05) is 0 Å². The molecule has 1 N–H and O–H groups in total. The van der Waals surface area contributed by atoms with E-state index in [1.165, 1.54) is 38.3 Å². The fourth-order valence-electron chi connectivity index (χ4n) is 2.55. The molecule has 0 radical (unpaired) electrons. The highest BCUT2D eigenvalue weighted by Crippen LogP contribution is 2.26. The molecular formula is C15H22N2O6S. The van der Waals surface area contributed by atoms with Gasteiger partial charge in [0.1, 0.15) is 16.2 Å². The Morgan fingerprint density at radius 2 is 1.88 bits per heavy atom. The number of amides is 1. The molecule has 1 saturated heterocycles. The van der Waals surface area contributed by atoms with Gasteiger partial charge in [0.15, 0.2) is 5.76 Å². The Labute approximate surface area is 141 Å². The minimum absolute atomic E-state index is 0.0228. The molecule has 1 fully saturated rings. The maximum Gasteiger partial charge on any atom is 0.330 e. The predicted molar refractivity (Wildman–Crippen MR) is 85.0 cm³/mol. The van der Waals surface area contributed by atoms with E-state index in [1.54, 1.807) is 0 Å². The van der Waals surface area contributed by atoms with Gasteiger partial charge in [-0.05, 0) is 33.6 Å². The highest BCUT2D eigenvalue weighted by Gasteiger charge is 2.34. The Bertz CT molecular complexity index is 744. The summed E-state index contributed by atoms with van der Waals surface area (Å²) in [5, 5.41) is 2.47. The zero-order valence-corrected chi connectivity index (χ0v) is 15.0. The lowest BCUT2D eigenvalue weighted by molar-refractivity contribution is -0.146. The first-order chi connectivity index (χ1) is 11.1. The number of hydrogen-bond donors (Lipinski definition) is 1. The van der Waals surface area contributed by atoms with Crippen LogP contribution in [0, 0.1) is 6.92 Å². The zero-order valence-electron chi connectivity index (χ0n) is 14.2. The zero-order chi connectivity index (χ0) is 18.1. The summed E-state index contributed by atoms with van der Waals surface area (Å²) in [7, 11) is -2.46. The average molecular weight is 358 g/mol. The van der Waals surface area contributed by atoms with Crippen LogP contribution in [0.15, 0.2) is 15.4 Å². The van der Waals surface area contributed by atoms with Crippen LogP contribution in [0.5, 0.6) is 0 Å². The van der Waals surface area contributed by atoms with Crippen LogP contribution in [0.2, 0.25) is 0 Å². The first-order valence-corrected chi connectivity index (χ1v) is 9.05.